The van der Waals surface area contributed by atoms with Gasteiger partial charge in [-0.3, -0.25) is 14.4 Å². The van der Waals surface area contributed by atoms with Gasteiger partial charge in [-0.2, -0.15) is 0 Å². The zero-order chi connectivity index (χ0) is 29.4. The van der Waals surface area contributed by atoms with Gasteiger partial charge in [0.05, 0.1) is 18.5 Å². The van der Waals surface area contributed by atoms with Crippen LogP contribution in [-0.4, -0.2) is 79.1 Å². The third kappa shape index (κ3) is 7.67. The first kappa shape index (κ1) is 30.3. The SMILES string of the molecule is CCC(C)C(NC(=O)C(N)Cc1cnc[nH]1)C(=O)NC(Cc1c[nH]c2ccccc12)C(=O)NC(C(=O)O)C(C)O. The van der Waals surface area contributed by atoms with Gasteiger partial charge in [-0.25, -0.2) is 9.78 Å². The van der Waals surface area contributed by atoms with E-state index in [4.69, 9.17) is 5.73 Å². The number of aromatic nitrogens is 3. The van der Waals surface area contributed by atoms with Crippen molar-refractivity contribution in [2.24, 2.45) is 11.7 Å². The van der Waals surface area contributed by atoms with Gasteiger partial charge in [0, 0.05) is 41.8 Å². The standard InChI is InChI=1S/C27H37N7O6/c1-4-14(2)22(33-24(36)19(28)10-17-12-29-13-31-17)26(38)32-21(25(37)34-23(15(3)35)27(39)40)9-16-11-30-20-8-6-5-7-18(16)20/h5-8,11-15,19,21-23,30,35H,4,9-10,28H2,1-3H3,(H,29,31)(H,32,38)(H,33,36)(H,34,37)(H,39,40). The van der Waals surface area contributed by atoms with Crippen molar-refractivity contribution in [1.82, 2.24) is 30.9 Å². The number of carbonyl (C=O) groups excluding carboxylic acids is 3. The Balaban J connectivity index is 1.83. The van der Waals surface area contributed by atoms with E-state index >= 15 is 0 Å². The Morgan fingerprint density at radius 2 is 1.68 bits per heavy atom. The number of hydrogen-bond acceptors (Lipinski definition) is 7. The van der Waals surface area contributed by atoms with Crippen molar-refractivity contribution in [1.29, 1.82) is 0 Å². The Hall–Kier alpha value is -4.23. The van der Waals surface area contributed by atoms with Crippen molar-refractivity contribution in [3.8, 4) is 0 Å². The summed E-state index contributed by atoms with van der Waals surface area (Å²) in [6, 6.07) is 2.64. The van der Waals surface area contributed by atoms with Crippen LogP contribution in [0.5, 0.6) is 0 Å². The van der Waals surface area contributed by atoms with Gasteiger partial charge in [-0.1, -0.05) is 38.5 Å². The Labute approximate surface area is 231 Å². The maximum absolute atomic E-state index is 13.5. The number of aliphatic carboxylic acids is 1. The molecule has 1 aromatic carbocycles. The molecule has 13 nitrogen and oxygen atoms in total. The molecule has 0 radical (unpaired) electrons. The first-order valence-corrected chi connectivity index (χ1v) is 13.1. The van der Waals surface area contributed by atoms with E-state index in [1.165, 1.54) is 13.3 Å². The van der Waals surface area contributed by atoms with Crippen LogP contribution in [0.2, 0.25) is 0 Å². The van der Waals surface area contributed by atoms with Crippen molar-refractivity contribution < 1.29 is 29.4 Å². The summed E-state index contributed by atoms with van der Waals surface area (Å²) in [5.74, 6) is -3.70. The number of amides is 3. The molecule has 6 atom stereocenters. The minimum atomic E-state index is -1.58. The van der Waals surface area contributed by atoms with Gasteiger partial charge in [0.2, 0.25) is 17.7 Å². The molecule has 9 N–H and O–H groups in total. The molecule has 0 spiro atoms. The Morgan fingerprint density at radius 3 is 2.30 bits per heavy atom. The fourth-order valence-electron chi connectivity index (χ4n) is 4.32. The highest BCUT2D eigenvalue weighted by atomic mass is 16.4. The number of nitrogens with zero attached hydrogens (tertiary/aromatic N) is 1. The van der Waals surface area contributed by atoms with Crippen molar-refractivity contribution in [3.05, 3.63) is 54.2 Å². The van der Waals surface area contributed by atoms with Gasteiger partial charge in [-0.15, -0.1) is 0 Å². The fraction of sp³-hybridized carbons (Fsp3) is 0.444. The number of aliphatic hydroxyl groups excluding tert-OH is 1. The molecule has 0 aliphatic heterocycles. The van der Waals surface area contributed by atoms with E-state index in [2.05, 4.69) is 30.9 Å². The summed E-state index contributed by atoms with van der Waals surface area (Å²) in [7, 11) is 0. The Morgan fingerprint density at radius 1 is 0.975 bits per heavy atom. The average molecular weight is 556 g/mol. The van der Waals surface area contributed by atoms with Gasteiger partial charge < -0.3 is 41.9 Å². The number of aromatic amines is 2. The van der Waals surface area contributed by atoms with Crippen LogP contribution in [-0.2, 0) is 32.0 Å². The molecule has 0 aliphatic carbocycles. The summed E-state index contributed by atoms with van der Waals surface area (Å²) in [4.78, 5) is 61.3. The molecule has 6 unspecified atom stereocenters. The van der Waals surface area contributed by atoms with Crippen LogP contribution in [0.1, 0.15) is 38.4 Å². The molecular weight excluding hydrogens is 518 g/mol. The number of nitrogens with two attached hydrogens (primary N) is 1. The minimum absolute atomic E-state index is 0.0221. The molecule has 216 valence electrons. The lowest BCUT2D eigenvalue weighted by molar-refractivity contribution is -0.145. The second kappa shape index (κ2) is 13.7. The van der Waals surface area contributed by atoms with Gasteiger partial charge in [0.15, 0.2) is 6.04 Å². The molecule has 3 aromatic rings. The third-order valence-corrected chi connectivity index (χ3v) is 6.90. The highest BCUT2D eigenvalue weighted by molar-refractivity contribution is 5.95. The van der Waals surface area contributed by atoms with E-state index in [-0.39, 0.29) is 18.8 Å². The quantitative estimate of drug-likeness (QED) is 0.135. The molecule has 0 fully saturated rings. The highest BCUT2D eigenvalue weighted by Gasteiger charge is 2.34. The maximum atomic E-state index is 13.5. The van der Waals surface area contributed by atoms with Crippen molar-refractivity contribution >= 4 is 34.6 Å². The van der Waals surface area contributed by atoms with Crippen LogP contribution >= 0.6 is 0 Å². The number of carboxylic acid groups (broad SMARTS) is 1. The number of benzene rings is 1. The lowest BCUT2D eigenvalue weighted by atomic mass is 9.96. The Kier molecular flexibility index (Phi) is 10.4. The van der Waals surface area contributed by atoms with Crippen LogP contribution in [0.15, 0.2) is 43.0 Å². The Bertz CT molecular complexity index is 1310. The van der Waals surface area contributed by atoms with E-state index in [0.717, 1.165) is 10.9 Å². The highest BCUT2D eigenvalue weighted by Crippen LogP contribution is 2.20. The van der Waals surface area contributed by atoms with Gasteiger partial charge in [-0.05, 0) is 24.5 Å². The number of para-hydroxylation sites is 1. The number of carbonyl (C=O) groups is 4. The van der Waals surface area contributed by atoms with Gasteiger partial charge >= 0.3 is 5.97 Å². The lowest BCUT2D eigenvalue weighted by Gasteiger charge is -2.28. The molecule has 0 saturated heterocycles. The zero-order valence-corrected chi connectivity index (χ0v) is 22.7. The van der Waals surface area contributed by atoms with Crippen molar-refractivity contribution in [2.45, 2.75) is 70.3 Å². The molecule has 0 aliphatic rings. The van der Waals surface area contributed by atoms with Crippen LogP contribution in [0, 0.1) is 5.92 Å². The summed E-state index contributed by atoms with van der Waals surface area (Å²) in [6.07, 6.45) is 4.10. The number of imidazole rings is 1. The summed E-state index contributed by atoms with van der Waals surface area (Å²) in [6.45, 7) is 4.89. The van der Waals surface area contributed by atoms with E-state index in [1.54, 1.807) is 19.3 Å². The number of aliphatic hydroxyl groups is 1. The smallest absolute Gasteiger partial charge is 0.328 e. The van der Waals surface area contributed by atoms with E-state index in [1.807, 2.05) is 31.2 Å². The summed E-state index contributed by atoms with van der Waals surface area (Å²) < 4.78 is 0. The second-order valence-corrected chi connectivity index (χ2v) is 9.95. The van der Waals surface area contributed by atoms with E-state index < -0.39 is 54.0 Å². The van der Waals surface area contributed by atoms with Crippen LogP contribution < -0.4 is 21.7 Å². The maximum Gasteiger partial charge on any atom is 0.328 e. The topological polar surface area (TPSA) is 215 Å². The monoisotopic (exact) mass is 555 g/mol. The fourth-order valence-corrected chi connectivity index (χ4v) is 4.32. The molecule has 13 heteroatoms. The molecule has 0 bridgehead atoms. The first-order valence-electron chi connectivity index (χ1n) is 13.1. The predicted molar refractivity (Wildman–Crippen MR) is 147 cm³/mol. The normalized spacial score (nSPS) is 15.8. The molecule has 3 rings (SSSR count). The van der Waals surface area contributed by atoms with Crippen LogP contribution in [0.4, 0.5) is 0 Å². The molecule has 2 aromatic heterocycles. The number of rotatable bonds is 14. The predicted octanol–water partition coefficient (Wildman–Crippen LogP) is -0.0306. The summed E-state index contributed by atoms with van der Waals surface area (Å²) in [5.41, 5.74) is 8.26. The van der Waals surface area contributed by atoms with Crippen LogP contribution in [0.25, 0.3) is 10.9 Å². The molecule has 3 amide bonds. The number of fused-ring (bicyclic) bond motifs is 1. The number of H-pyrrole nitrogens is 2. The van der Waals surface area contributed by atoms with Gasteiger partial charge in [0.1, 0.15) is 12.1 Å². The van der Waals surface area contributed by atoms with E-state index in [0.29, 0.717) is 17.7 Å². The lowest BCUT2D eigenvalue weighted by Crippen LogP contribution is -2.60. The van der Waals surface area contributed by atoms with Crippen LogP contribution in [0.3, 0.4) is 0 Å². The summed E-state index contributed by atoms with van der Waals surface area (Å²) in [5, 5.41) is 27.9. The van der Waals surface area contributed by atoms with Crippen molar-refractivity contribution in [2.75, 3.05) is 0 Å². The van der Waals surface area contributed by atoms with Gasteiger partial charge in [0.25, 0.3) is 0 Å². The number of hydrogen-bond donors (Lipinski definition) is 8. The third-order valence-electron chi connectivity index (χ3n) is 6.90. The largest absolute Gasteiger partial charge is 0.480 e. The number of carboxylic acids is 1. The molecule has 2 heterocycles. The molecule has 40 heavy (non-hydrogen) atoms. The van der Waals surface area contributed by atoms with E-state index in [9.17, 15) is 29.4 Å². The van der Waals surface area contributed by atoms with Crippen molar-refractivity contribution in [3.63, 3.8) is 0 Å². The molecule has 0 saturated carbocycles. The second-order valence-electron chi connectivity index (χ2n) is 9.95. The molecular formula is C27H37N7O6. The number of nitrogens with one attached hydrogen (secondary N) is 5. The first-order chi connectivity index (χ1) is 19.0. The minimum Gasteiger partial charge on any atom is -0.480 e. The summed E-state index contributed by atoms with van der Waals surface area (Å²) >= 11 is 0. The zero-order valence-electron chi connectivity index (χ0n) is 22.7. The average Bonchev–Trinajstić information content (AvgIpc) is 3.58.